The lowest BCUT2D eigenvalue weighted by Gasteiger charge is -2.20. The van der Waals surface area contributed by atoms with Crippen molar-refractivity contribution in [3.63, 3.8) is 0 Å². The van der Waals surface area contributed by atoms with Crippen LogP contribution in [0.1, 0.15) is 5.56 Å². The van der Waals surface area contributed by atoms with Crippen molar-refractivity contribution in [3.05, 3.63) is 48.0 Å². The van der Waals surface area contributed by atoms with E-state index in [1.807, 2.05) is 37.4 Å². The van der Waals surface area contributed by atoms with Gasteiger partial charge in [-0.3, -0.25) is 0 Å². The van der Waals surface area contributed by atoms with Crippen molar-refractivity contribution in [1.29, 1.82) is 0 Å². The molecule has 2 aromatic carbocycles. The van der Waals surface area contributed by atoms with E-state index in [0.717, 1.165) is 23.5 Å². The van der Waals surface area contributed by atoms with Crippen molar-refractivity contribution in [3.8, 4) is 11.5 Å². The second-order valence-electron chi connectivity index (χ2n) is 4.45. The highest BCUT2D eigenvalue weighted by molar-refractivity contribution is 5.55. The molecule has 4 nitrogen and oxygen atoms in total. The predicted molar refractivity (Wildman–Crippen MR) is 77.6 cm³/mol. The fourth-order valence-corrected chi connectivity index (χ4v) is 1.90. The molecule has 19 heavy (non-hydrogen) atoms. The lowest BCUT2D eigenvalue weighted by atomic mass is 10.1. The zero-order valence-corrected chi connectivity index (χ0v) is 11.1. The van der Waals surface area contributed by atoms with Crippen LogP contribution in [0.15, 0.2) is 42.5 Å². The zero-order chi connectivity index (χ0) is 13.8. The molecule has 0 radical (unpaired) electrons. The van der Waals surface area contributed by atoms with E-state index in [1.165, 1.54) is 0 Å². The van der Waals surface area contributed by atoms with Crippen LogP contribution in [0.25, 0.3) is 0 Å². The van der Waals surface area contributed by atoms with Crippen molar-refractivity contribution >= 4 is 11.4 Å². The first-order valence-electron chi connectivity index (χ1n) is 6.02. The molecule has 100 valence electrons. The topological polar surface area (TPSA) is 58.7 Å². The van der Waals surface area contributed by atoms with E-state index in [4.69, 9.17) is 10.5 Å². The number of ether oxygens (including phenoxy) is 1. The Morgan fingerprint density at radius 1 is 1.16 bits per heavy atom. The monoisotopic (exact) mass is 258 g/mol. The minimum atomic E-state index is 0.121. The number of nitrogens with two attached hydrogens (primary N) is 1. The zero-order valence-electron chi connectivity index (χ0n) is 11.1. The Labute approximate surface area is 113 Å². The minimum absolute atomic E-state index is 0.121. The number of hydrogen-bond donors (Lipinski definition) is 2. The molecule has 0 heterocycles. The third-order valence-corrected chi connectivity index (χ3v) is 3.02. The van der Waals surface area contributed by atoms with Crippen LogP contribution in [0.4, 0.5) is 11.4 Å². The molecule has 0 fully saturated rings. The van der Waals surface area contributed by atoms with Gasteiger partial charge in [-0.15, -0.1) is 0 Å². The molecule has 0 spiro atoms. The average Bonchev–Trinajstić information content (AvgIpc) is 2.43. The van der Waals surface area contributed by atoms with Crippen molar-refractivity contribution in [2.75, 3.05) is 24.8 Å². The maximum atomic E-state index is 9.40. The second kappa shape index (κ2) is 5.52. The van der Waals surface area contributed by atoms with E-state index in [-0.39, 0.29) is 5.75 Å². The number of aromatic hydroxyl groups is 1. The fraction of sp³-hybridized carbons (Fsp3) is 0.200. The lowest BCUT2D eigenvalue weighted by molar-refractivity contribution is 0.415. The van der Waals surface area contributed by atoms with Gasteiger partial charge in [-0.25, -0.2) is 0 Å². The molecule has 0 bridgehead atoms. The highest BCUT2D eigenvalue weighted by Gasteiger charge is 2.04. The van der Waals surface area contributed by atoms with Gasteiger partial charge in [0, 0.05) is 19.3 Å². The number of phenolic OH excluding ortho intramolecular Hbond substituents is 1. The van der Waals surface area contributed by atoms with Gasteiger partial charge in [-0.2, -0.15) is 0 Å². The van der Waals surface area contributed by atoms with Crippen LogP contribution in [0, 0.1) is 0 Å². The highest BCUT2D eigenvalue weighted by Crippen LogP contribution is 2.23. The van der Waals surface area contributed by atoms with Gasteiger partial charge in [-0.05, 0) is 42.0 Å². The van der Waals surface area contributed by atoms with Gasteiger partial charge in [-0.1, -0.05) is 6.07 Å². The van der Waals surface area contributed by atoms with E-state index in [9.17, 15) is 5.11 Å². The third-order valence-electron chi connectivity index (χ3n) is 3.02. The first-order valence-corrected chi connectivity index (χ1v) is 6.02. The summed E-state index contributed by atoms with van der Waals surface area (Å²) in [6, 6.07) is 13.1. The van der Waals surface area contributed by atoms with Gasteiger partial charge >= 0.3 is 0 Å². The summed E-state index contributed by atoms with van der Waals surface area (Å²) in [6.45, 7) is 0.719. The summed E-state index contributed by atoms with van der Waals surface area (Å²) in [5, 5.41) is 9.40. The number of rotatable bonds is 4. The number of anilines is 2. The molecule has 0 aromatic heterocycles. The molecule has 0 saturated carbocycles. The third kappa shape index (κ3) is 3.10. The van der Waals surface area contributed by atoms with Gasteiger partial charge in [0.25, 0.3) is 0 Å². The van der Waals surface area contributed by atoms with Gasteiger partial charge in [0.15, 0.2) is 0 Å². The average molecular weight is 258 g/mol. The quantitative estimate of drug-likeness (QED) is 0.654. The van der Waals surface area contributed by atoms with Crippen molar-refractivity contribution in [1.82, 2.24) is 0 Å². The molecule has 2 aromatic rings. The molecule has 0 aliphatic carbocycles. The molecule has 0 saturated heterocycles. The summed E-state index contributed by atoms with van der Waals surface area (Å²) >= 11 is 0. The van der Waals surface area contributed by atoms with Crippen LogP contribution in [0.3, 0.4) is 0 Å². The van der Waals surface area contributed by atoms with Crippen LogP contribution in [-0.2, 0) is 6.54 Å². The molecule has 3 N–H and O–H groups in total. The Kier molecular flexibility index (Phi) is 3.80. The van der Waals surface area contributed by atoms with Crippen LogP contribution >= 0.6 is 0 Å². The van der Waals surface area contributed by atoms with Crippen molar-refractivity contribution in [2.24, 2.45) is 0 Å². The Morgan fingerprint density at radius 2 is 1.84 bits per heavy atom. The fourth-order valence-electron chi connectivity index (χ4n) is 1.90. The highest BCUT2D eigenvalue weighted by atomic mass is 16.5. The standard InChI is InChI=1S/C15H18N2O2/c1-17(12-4-6-13(19-2)7-5-12)10-11-3-8-15(18)14(16)9-11/h3-9,18H,10,16H2,1-2H3. The van der Waals surface area contributed by atoms with E-state index in [1.54, 1.807) is 19.2 Å². The number of nitrogens with zero attached hydrogens (tertiary/aromatic N) is 1. The summed E-state index contributed by atoms with van der Waals surface area (Å²) in [5.74, 6) is 0.960. The molecule has 0 aliphatic rings. The van der Waals surface area contributed by atoms with Crippen LogP contribution < -0.4 is 15.4 Å². The largest absolute Gasteiger partial charge is 0.506 e. The molecule has 0 amide bonds. The van der Waals surface area contributed by atoms with Crippen LogP contribution in [0.5, 0.6) is 11.5 Å². The molecule has 0 unspecified atom stereocenters. The Morgan fingerprint density at radius 3 is 2.42 bits per heavy atom. The summed E-state index contributed by atoms with van der Waals surface area (Å²) in [4.78, 5) is 2.10. The minimum Gasteiger partial charge on any atom is -0.506 e. The summed E-state index contributed by atoms with van der Waals surface area (Å²) in [5.41, 5.74) is 8.23. The number of benzene rings is 2. The molecule has 4 heteroatoms. The van der Waals surface area contributed by atoms with Crippen LogP contribution in [0.2, 0.25) is 0 Å². The SMILES string of the molecule is COc1ccc(N(C)Cc2ccc(O)c(N)c2)cc1. The molecule has 0 aliphatic heterocycles. The Hall–Kier alpha value is -2.36. The van der Waals surface area contributed by atoms with E-state index in [2.05, 4.69) is 4.90 Å². The normalized spacial score (nSPS) is 10.2. The first kappa shape index (κ1) is 13.1. The predicted octanol–water partition coefficient (Wildman–Crippen LogP) is 2.62. The lowest BCUT2D eigenvalue weighted by Crippen LogP contribution is -2.16. The van der Waals surface area contributed by atoms with E-state index in [0.29, 0.717) is 5.69 Å². The summed E-state index contributed by atoms with van der Waals surface area (Å²) < 4.78 is 5.13. The summed E-state index contributed by atoms with van der Waals surface area (Å²) in [7, 11) is 3.66. The number of phenols is 1. The maximum Gasteiger partial charge on any atom is 0.138 e. The Bertz CT molecular complexity index is 553. The summed E-state index contributed by atoms with van der Waals surface area (Å²) in [6.07, 6.45) is 0. The number of nitrogen functional groups attached to an aromatic ring is 1. The van der Waals surface area contributed by atoms with E-state index >= 15 is 0 Å². The van der Waals surface area contributed by atoms with Gasteiger partial charge in [0.05, 0.1) is 12.8 Å². The van der Waals surface area contributed by atoms with Crippen LogP contribution in [-0.4, -0.2) is 19.3 Å². The maximum absolute atomic E-state index is 9.40. The second-order valence-corrected chi connectivity index (χ2v) is 4.45. The molecule has 2 rings (SSSR count). The molecular weight excluding hydrogens is 240 g/mol. The van der Waals surface area contributed by atoms with Gasteiger partial charge < -0.3 is 20.5 Å². The molecule has 0 atom stereocenters. The number of methoxy groups -OCH3 is 1. The first-order chi connectivity index (χ1) is 9.10. The van der Waals surface area contributed by atoms with Gasteiger partial charge in [0.2, 0.25) is 0 Å². The van der Waals surface area contributed by atoms with Crippen molar-refractivity contribution in [2.45, 2.75) is 6.54 Å². The Balaban J connectivity index is 2.10. The van der Waals surface area contributed by atoms with Crippen molar-refractivity contribution < 1.29 is 9.84 Å². The van der Waals surface area contributed by atoms with Gasteiger partial charge in [0.1, 0.15) is 11.5 Å². The number of hydrogen-bond acceptors (Lipinski definition) is 4. The molecular formula is C15H18N2O2. The van der Waals surface area contributed by atoms with E-state index < -0.39 is 0 Å². The smallest absolute Gasteiger partial charge is 0.138 e.